The molecule has 8 heteroatoms. The van der Waals surface area contributed by atoms with Crippen LogP contribution in [0.2, 0.25) is 0 Å². The largest absolute Gasteiger partial charge is 0.493 e. The van der Waals surface area contributed by atoms with Gasteiger partial charge in [-0.05, 0) is 67.0 Å². The fourth-order valence-corrected chi connectivity index (χ4v) is 4.62. The monoisotopic (exact) mass is 504 g/mol. The van der Waals surface area contributed by atoms with Gasteiger partial charge in [-0.25, -0.2) is 0 Å². The van der Waals surface area contributed by atoms with E-state index < -0.39 is 5.91 Å². The van der Waals surface area contributed by atoms with Crippen molar-refractivity contribution in [3.63, 3.8) is 0 Å². The first-order valence-corrected chi connectivity index (χ1v) is 12.1. The fourth-order valence-electron chi connectivity index (χ4n) is 3.44. The van der Waals surface area contributed by atoms with Gasteiger partial charge in [0, 0.05) is 5.56 Å². The SMILES string of the molecule is COc1cc(/C=C2\SC(=S)N(NC(=O)c3ccccc3C)C2=O)ccc1OCc1ccc(C)cc1. The molecular formula is C27H24N2O4S2. The third-order valence-corrected chi connectivity index (χ3v) is 6.70. The zero-order valence-electron chi connectivity index (χ0n) is 19.5. The second-order valence-corrected chi connectivity index (χ2v) is 9.63. The highest BCUT2D eigenvalue weighted by Crippen LogP contribution is 2.34. The van der Waals surface area contributed by atoms with Crippen LogP contribution in [0.15, 0.2) is 71.6 Å². The number of benzene rings is 3. The number of hydrogen-bond donors (Lipinski definition) is 1. The first-order valence-electron chi connectivity index (χ1n) is 10.9. The maximum Gasteiger partial charge on any atom is 0.285 e. The lowest BCUT2D eigenvalue weighted by atomic mass is 10.1. The van der Waals surface area contributed by atoms with Crippen molar-refractivity contribution < 1.29 is 19.1 Å². The van der Waals surface area contributed by atoms with Crippen molar-refractivity contribution >= 4 is 46.2 Å². The molecule has 1 saturated heterocycles. The molecule has 1 fully saturated rings. The van der Waals surface area contributed by atoms with E-state index in [2.05, 4.69) is 5.43 Å². The molecule has 6 nitrogen and oxygen atoms in total. The van der Waals surface area contributed by atoms with Gasteiger partial charge in [-0.2, -0.15) is 5.01 Å². The Kier molecular flexibility index (Phi) is 7.53. The van der Waals surface area contributed by atoms with Gasteiger partial charge < -0.3 is 9.47 Å². The number of amides is 2. The molecule has 178 valence electrons. The summed E-state index contributed by atoms with van der Waals surface area (Å²) in [7, 11) is 1.57. The second kappa shape index (κ2) is 10.8. The summed E-state index contributed by atoms with van der Waals surface area (Å²) >= 11 is 6.46. The van der Waals surface area contributed by atoms with Gasteiger partial charge in [0.05, 0.1) is 12.0 Å². The predicted molar refractivity (Wildman–Crippen MR) is 142 cm³/mol. The van der Waals surface area contributed by atoms with Gasteiger partial charge in [0.2, 0.25) is 0 Å². The van der Waals surface area contributed by atoms with Crippen LogP contribution in [0.5, 0.6) is 11.5 Å². The Morgan fingerprint density at radius 3 is 2.51 bits per heavy atom. The summed E-state index contributed by atoms with van der Waals surface area (Å²) in [6.07, 6.45) is 1.71. The van der Waals surface area contributed by atoms with Crippen LogP contribution in [0.3, 0.4) is 0 Å². The Morgan fingerprint density at radius 2 is 1.80 bits per heavy atom. The first-order chi connectivity index (χ1) is 16.9. The average Bonchev–Trinajstić information content (AvgIpc) is 3.11. The number of nitrogens with one attached hydrogen (secondary N) is 1. The zero-order chi connectivity index (χ0) is 24.9. The number of aryl methyl sites for hydroxylation is 2. The summed E-state index contributed by atoms with van der Waals surface area (Å²) in [5, 5.41) is 1.11. The molecule has 0 bridgehead atoms. The summed E-state index contributed by atoms with van der Waals surface area (Å²) in [4.78, 5) is 26.0. The van der Waals surface area contributed by atoms with Gasteiger partial charge in [-0.1, -0.05) is 65.9 Å². The number of hydrazine groups is 1. The Labute approximate surface area is 213 Å². The smallest absolute Gasteiger partial charge is 0.285 e. The summed E-state index contributed by atoms with van der Waals surface area (Å²) < 4.78 is 11.7. The van der Waals surface area contributed by atoms with Crippen LogP contribution < -0.4 is 14.9 Å². The van der Waals surface area contributed by atoms with Crippen LogP contribution in [0.4, 0.5) is 0 Å². The summed E-state index contributed by atoms with van der Waals surface area (Å²) in [5.41, 5.74) is 6.90. The molecule has 3 aromatic rings. The maximum atomic E-state index is 13.0. The third-order valence-electron chi connectivity index (χ3n) is 5.40. The van der Waals surface area contributed by atoms with Crippen molar-refractivity contribution in [1.82, 2.24) is 10.4 Å². The quantitative estimate of drug-likeness (QED) is 0.342. The lowest BCUT2D eigenvalue weighted by Gasteiger charge is -2.16. The van der Waals surface area contributed by atoms with E-state index in [-0.39, 0.29) is 10.2 Å². The molecule has 0 aromatic heterocycles. The van der Waals surface area contributed by atoms with Gasteiger partial charge in [-0.15, -0.1) is 0 Å². The van der Waals surface area contributed by atoms with Crippen molar-refractivity contribution in [1.29, 1.82) is 0 Å². The van der Waals surface area contributed by atoms with E-state index in [0.717, 1.165) is 33.5 Å². The first kappa shape index (κ1) is 24.5. The minimum atomic E-state index is -0.391. The number of rotatable bonds is 7. The Balaban J connectivity index is 1.47. The van der Waals surface area contributed by atoms with Crippen molar-refractivity contribution in [2.75, 3.05) is 7.11 Å². The maximum absolute atomic E-state index is 13.0. The van der Waals surface area contributed by atoms with E-state index in [1.54, 1.807) is 37.5 Å². The van der Waals surface area contributed by atoms with Crippen LogP contribution in [0.25, 0.3) is 6.08 Å². The highest BCUT2D eigenvalue weighted by Gasteiger charge is 2.34. The number of thiocarbonyl (C=S) groups is 1. The van der Waals surface area contributed by atoms with Crippen molar-refractivity contribution in [3.05, 3.63) is 99.5 Å². The van der Waals surface area contributed by atoms with E-state index in [4.69, 9.17) is 21.7 Å². The number of thioether (sulfide) groups is 1. The molecule has 1 N–H and O–H groups in total. The van der Waals surface area contributed by atoms with E-state index in [0.29, 0.717) is 28.6 Å². The molecule has 0 unspecified atom stereocenters. The predicted octanol–water partition coefficient (Wildman–Crippen LogP) is 5.44. The zero-order valence-corrected chi connectivity index (χ0v) is 21.2. The fraction of sp³-hybridized carbons (Fsp3) is 0.148. The van der Waals surface area contributed by atoms with Crippen LogP contribution in [-0.4, -0.2) is 28.3 Å². The minimum absolute atomic E-state index is 0.258. The van der Waals surface area contributed by atoms with E-state index >= 15 is 0 Å². The molecule has 0 aliphatic carbocycles. The van der Waals surface area contributed by atoms with E-state index in [1.807, 2.05) is 56.3 Å². The molecule has 3 aromatic carbocycles. The molecular weight excluding hydrogens is 480 g/mol. The highest BCUT2D eigenvalue weighted by molar-refractivity contribution is 8.26. The number of carbonyl (C=O) groups is 2. The van der Waals surface area contributed by atoms with Gasteiger partial charge >= 0.3 is 0 Å². The molecule has 2 amide bonds. The highest BCUT2D eigenvalue weighted by atomic mass is 32.2. The van der Waals surface area contributed by atoms with Gasteiger partial charge in [0.1, 0.15) is 6.61 Å². The Morgan fingerprint density at radius 1 is 1.06 bits per heavy atom. The van der Waals surface area contributed by atoms with Gasteiger partial charge in [-0.3, -0.25) is 15.0 Å². The summed E-state index contributed by atoms with van der Waals surface area (Å²) in [6, 6.07) is 20.7. The number of nitrogens with zero attached hydrogens (tertiary/aromatic N) is 1. The molecule has 0 spiro atoms. The summed E-state index contributed by atoms with van der Waals surface area (Å²) in [6.45, 7) is 4.29. The molecule has 1 aliphatic rings. The lowest BCUT2D eigenvalue weighted by molar-refractivity contribution is -0.123. The topological polar surface area (TPSA) is 67.9 Å². The Hall–Kier alpha value is -3.62. The molecule has 4 rings (SSSR count). The molecule has 35 heavy (non-hydrogen) atoms. The average molecular weight is 505 g/mol. The van der Waals surface area contributed by atoms with Gasteiger partial charge in [0.15, 0.2) is 15.8 Å². The molecule has 0 atom stereocenters. The Bertz CT molecular complexity index is 1320. The third kappa shape index (κ3) is 5.72. The number of ether oxygens (including phenoxy) is 2. The number of methoxy groups -OCH3 is 1. The molecule has 0 radical (unpaired) electrons. The molecule has 1 aliphatic heterocycles. The standard InChI is InChI=1S/C27H24N2O4S2/c1-17-8-10-19(11-9-17)16-33-22-13-12-20(14-23(22)32-3)15-24-26(31)29(27(34)35-24)28-25(30)21-7-5-4-6-18(21)2/h4-15H,16H2,1-3H3,(H,28,30)/b24-15-. The van der Waals surface area contributed by atoms with Crippen LogP contribution in [0, 0.1) is 13.8 Å². The minimum Gasteiger partial charge on any atom is -0.493 e. The van der Waals surface area contributed by atoms with Crippen LogP contribution in [-0.2, 0) is 11.4 Å². The number of hydrogen-bond acceptors (Lipinski definition) is 6. The molecule has 1 heterocycles. The van der Waals surface area contributed by atoms with Gasteiger partial charge in [0.25, 0.3) is 11.8 Å². The lowest BCUT2D eigenvalue weighted by Crippen LogP contribution is -2.45. The second-order valence-electron chi connectivity index (χ2n) is 7.96. The van der Waals surface area contributed by atoms with Crippen molar-refractivity contribution in [2.45, 2.75) is 20.5 Å². The van der Waals surface area contributed by atoms with Crippen molar-refractivity contribution in [3.8, 4) is 11.5 Å². The van der Waals surface area contributed by atoms with Crippen molar-refractivity contribution in [2.24, 2.45) is 0 Å². The van der Waals surface area contributed by atoms with Crippen LogP contribution >= 0.6 is 24.0 Å². The normalized spacial score (nSPS) is 14.4. The number of carbonyl (C=O) groups excluding carboxylic acids is 2. The summed E-state index contributed by atoms with van der Waals surface area (Å²) in [5.74, 6) is 0.371. The van der Waals surface area contributed by atoms with E-state index in [1.165, 1.54) is 5.56 Å². The van der Waals surface area contributed by atoms with E-state index in [9.17, 15) is 9.59 Å². The van der Waals surface area contributed by atoms with Crippen LogP contribution in [0.1, 0.15) is 32.6 Å². The molecule has 0 saturated carbocycles.